The van der Waals surface area contributed by atoms with Crippen LogP contribution in [0.25, 0.3) is 0 Å². The predicted molar refractivity (Wildman–Crippen MR) is 113 cm³/mol. The van der Waals surface area contributed by atoms with Crippen LogP contribution >= 0.6 is 0 Å². The molecule has 0 aliphatic carbocycles. The van der Waals surface area contributed by atoms with Crippen molar-refractivity contribution in [3.8, 4) is 17.2 Å². The fraction of sp³-hybridized carbons (Fsp3) is 0.174. The van der Waals surface area contributed by atoms with Gasteiger partial charge in [0.05, 0.1) is 17.6 Å². The summed E-state index contributed by atoms with van der Waals surface area (Å²) in [5.41, 5.74) is 0.404. The Morgan fingerprint density at radius 3 is 2.17 bits per heavy atom. The number of benzene rings is 3. The molecule has 1 aliphatic heterocycles. The molecular weight excluding hydrogens is 402 g/mol. The fourth-order valence-electron chi connectivity index (χ4n) is 3.28. The molecule has 3 aromatic rings. The second kappa shape index (κ2) is 8.20. The van der Waals surface area contributed by atoms with E-state index in [0.717, 1.165) is 0 Å². The molecule has 0 N–H and O–H groups in total. The average Bonchev–Trinajstić information content (AvgIpc) is 2.73. The first-order chi connectivity index (χ1) is 14.5. The summed E-state index contributed by atoms with van der Waals surface area (Å²) in [4.78, 5) is 14.7. The quantitative estimate of drug-likeness (QED) is 0.603. The highest BCUT2D eigenvalue weighted by molar-refractivity contribution is 7.92. The molecule has 154 valence electrons. The summed E-state index contributed by atoms with van der Waals surface area (Å²) in [5, 5.41) is -0.628. The van der Waals surface area contributed by atoms with Gasteiger partial charge in [-0.15, -0.1) is 0 Å². The number of rotatable bonds is 6. The van der Waals surface area contributed by atoms with Crippen LogP contribution in [0.3, 0.4) is 0 Å². The molecular formula is C23H21NO5S. The number of nitrogens with zero attached hydrogens (tertiary/aromatic N) is 1. The van der Waals surface area contributed by atoms with Crippen molar-refractivity contribution in [2.24, 2.45) is 0 Å². The van der Waals surface area contributed by atoms with Crippen molar-refractivity contribution < 1.29 is 22.7 Å². The number of ether oxygens (including phenoxy) is 2. The molecule has 0 atom stereocenters. The third-order valence-corrected chi connectivity index (χ3v) is 7.16. The van der Waals surface area contributed by atoms with Crippen LogP contribution in [0.15, 0.2) is 83.8 Å². The van der Waals surface area contributed by atoms with Crippen LogP contribution in [-0.2, 0) is 9.84 Å². The highest BCUT2D eigenvalue weighted by atomic mass is 32.2. The number of hydrogen-bond donors (Lipinski definition) is 0. The van der Waals surface area contributed by atoms with E-state index in [0.29, 0.717) is 22.8 Å². The largest absolute Gasteiger partial charge is 0.497 e. The minimum Gasteiger partial charge on any atom is -0.497 e. The summed E-state index contributed by atoms with van der Waals surface area (Å²) < 4.78 is 36.6. The van der Waals surface area contributed by atoms with Crippen molar-refractivity contribution in [3.63, 3.8) is 0 Å². The van der Waals surface area contributed by atoms with E-state index in [9.17, 15) is 13.2 Å². The van der Waals surface area contributed by atoms with Crippen LogP contribution in [0.1, 0.15) is 10.4 Å². The Kier molecular flexibility index (Phi) is 5.46. The number of carbonyl (C=O) groups excluding carboxylic acids is 1. The molecule has 0 spiro atoms. The van der Waals surface area contributed by atoms with Crippen LogP contribution in [0.2, 0.25) is 0 Å². The van der Waals surface area contributed by atoms with Crippen LogP contribution in [0, 0.1) is 0 Å². The Bertz CT molecular complexity index is 1140. The molecule has 30 heavy (non-hydrogen) atoms. The normalized spacial score (nSPS) is 14.1. The molecule has 0 saturated carbocycles. The maximum Gasteiger partial charge on any atom is 0.257 e. The third kappa shape index (κ3) is 3.89. The van der Waals surface area contributed by atoms with E-state index >= 15 is 0 Å². The van der Waals surface area contributed by atoms with E-state index in [1.807, 2.05) is 30.3 Å². The molecule has 1 heterocycles. The maximum atomic E-state index is 13.0. The van der Waals surface area contributed by atoms with Crippen molar-refractivity contribution in [3.05, 3.63) is 84.4 Å². The van der Waals surface area contributed by atoms with E-state index < -0.39 is 15.1 Å². The van der Waals surface area contributed by atoms with Crippen LogP contribution in [0.5, 0.6) is 17.2 Å². The minimum absolute atomic E-state index is 0.146. The standard InChI is InChI=1S/C23H21NO5S/c1-28-17-11-13-19(14-12-17)30(26,27)20-15-24(16-20)23(25)21-9-5-6-10-22(21)29-18-7-3-2-4-8-18/h2-14,20H,15-16H2,1H3. The molecule has 0 radical (unpaired) electrons. The summed E-state index contributed by atoms with van der Waals surface area (Å²) in [6.07, 6.45) is 0. The summed E-state index contributed by atoms with van der Waals surface area (Å²) in [5.74, 6) is 1.41. The van der Waals surface area contributed by atoms with Gasteiger partial charge in [0.1, 0.15) is 22.5 Å². The lowest BCUT2D eigenvalue weighted by atomic mass is 10.1. The Hall–Kier alpha value is -3.32. The predicted octanol–water partition coefficient (Wildman–Crippen LogP) is 3.79. The number of methoxy groups -OCH3 is 1. The molecule has 0 unspecified atom stereocenters. The van der Waals surface area contributed by atoms with Crippen molar-refractivity contribution in [1.82, 2.24) is 4.90 Å². The van der Waals surface area contributed by atoms with E-state index in [-0.39, 0.29) is 23.9 Å². The van der Waals surface area contributed by atoms with E-state index in [1.165, 1.54) is 24.1 Å². The van der Waals surface area contributed by atoms with Crippen LogP contribution in [0.4, 0.5) is 0 Å². The molecule has 6 nitrogen and oxygen atoms in total. The second-order valence-electron chi connectivity index (χ2n) is 6.96. The molecule has 0 bridgehead atoms. The lowest BCUT2D eigenvalue weighted by Gasteiger charge is -2.38. The molecule has 3 aromatic carbocycles. The Balaban J connectivity index is 1.47. The van der Waals surface area contributed by atoms with Gasteiger partial charge in [-0.3, -0.25) is 4.79 Å². The number of sulfone groups is 1. The van der Waals surface area contributed by atoms with Crippen molar-refractivity contribution in [2.75, 3.05) is 20.2 Å². The van der Waals surface area contributed by atoms with Crippen molar-refractivity contribution in [1.29, 1.82) is 0 Å². The number of likely N-dealkylation sites (tertiary alicyclic amines) is 1. The fourth-order valence-corrected chi connectivity index (χ4v) is 4.93. The maximum absolute atomic E-state index is 13.0. The topological polar surface area (TPSA) is 72.9 Å². The highest BCUT2D eigenvalue weighted by Gasteiger charge is 2.41. The number of amides is 1. The summed E-state index contributed by atoms with van der Waals surface area (Å²) in [6, 6.07) is 22.5. The van der Waals surface area contributed by atoms with Gasteiger partial charge in [-0.2, -0.15) is 0 Å². The Morgan fingerprint density at radius 1 is 0.867 bits per heavy atom. The Morgan fingerprint density at radius 2 is 1.50 bits per heavy atom. The van der Waals surface area contributed by atoms with E-state index in [1.54, 1.807) is 36.4 Å². The SMILES string of the molecule is COc1ccc(S(=O)(=O)C2CN(C(=O)c3ccccc3Oc3ccccc3)C2)cc1. The smallest absolute Gasteiger partial charge is 0.257 e. The molecule has 1 aliphatic rings. The van der Waals surface area contributed by atoms with Gasteiger partial charge in [-0.25, -0.2) is 8.42 Å². The monoisotopic (exact) mass is 423 g/mol. The molecule has 4 rings (SSSR count). The molecule has 0 aromatic heterocycles. The zero-order chi connectivity index (χ0) is 21.1. The van der Waals surface area contributed by atoms with E-state index in [2.05, 4.69) is 0 Å². The van der Waals surface area contributed by atoms with Gasteiger partial charge in [0, 0.05) is 13.1 Å². The van der Waals surface area contributed by atoms with Crippen molar-refractivity contribution in [2.45, 2.75) is 10.1 Å². The highest BCUT2D eigenvalue weighted by Crippen LogP contribution is 2.30. The van der Waals surface area contributed by atoms with Gasteiger partial charge in [0.2, 0.25) is 0 Å². The lowest BCUT2D eigenvalue weighted by molar-refractivity contribution is 0.0656. The van der Waals surface area contributed by atoms with Gasteiger partial charge >= 0.3 is 0 Å². The molecule has 7 heteroatoms. The van der Waals surface area contributed by atoms with E-state index in [4.69, 9.17) is 9.47 Å². The zero-order valence-corrected chi connectivity index (χ0v) is 17.2. The number of para-hydroxylation sites is 2. The van der Waals surface area contributed by atoms with Gasteiger partial charge in [0.15, 0.2) is 9.84 Å². The molecule has 1 fully saturated rings. The molecule has 1 saturated heterocycles. The second-order valence-corrected chi connectivity index (χ2v) is 9.19. The molecule has 1 amide bonds. The number of carbonyl (C=O) groups is 1. The van der Waals surface area contributed by atoms with Crippen LogP contribution in [-0.4, -0.2) is 44.7 Å². The van der Waals surface area contributed by atoms with Gasteiger partial charge in [-0.1, -0.05) is 30.3 Å². The van der Waals surface area contributed by atoms with Gasteiger partial charge in [-0.05, 0) is 48.5 Å². The van der Waals surface area contributed by atoms with Gasteiger partial charge in [0.25, 0.3) is 5.91 Å². The summed E-state index contributed by atoms with van der Waals surface area (Å²) >= 11 is 0. The van der Waals surface area contributed by atoms with Gasteiger partial charge < -0.3 is 14.4 Å². The first kappa shape index (κ1) is 20.0. The van der Waals surface area contributed by atoms with Crippen LogP contribution < -0.4 is 9.47 Å². The summed E-state index contributed by atoms with van der Waals surface area (Å²) in [7, 11) is -1.99. The summed E-state index contributed by atoms with van der Waals surface area (Å²) in [6.45, 7) is 0.291. The number of hydrogen-bond acceptors (Lipinski definition) is 5. The zero-order valence-electron chi connectivity index (χ0n) is 16.4. The minimum atomic E-state index is -3.52. The Labute approximate surface area is 175 Å². The first-order valence-electron chi connectivity index (χ1n) is 9.48. The third-order valence-electron chi connectivity index (χ3n) is 5.05. The average molecular weight is 423 g/mol. The van der Waals surface area contributed by atoms with Crippen molar-refractivity contribution >= 4 is 15.7 Å². The first-order valence-corrected chi connectivity index (χ1v) is 11.0. The lowest BCUT2D eigenvalue weighted by Crippen LogP contribution is -2.56.